The number of hydrogen-bond donors (Lipinski definition) is 1. The zero-order chi connectivity index (χ0) is 9.97. The Kier molecular flexibility index (Phi) is 2.53. The fourth-order valence-electron chi connectivity index (χ4n) is 1.68. The Balaban J connectivity index is 2.25. The average Bonchev–Trinajstić information content (AvgIpc) is 2.58. The molecule has 0 aromatic carbocycles. The second kappa shape index (κ2) is 3.82. The molecular weight excluding hydrogens is 172 g/mol. The number of aromatic amines is 1. The van der Waals surface area contributed by atoms with Gasteiger partial charge >= 0.3 is 0 Å². The molecule has 2 heteroatoms. The molecular formula is C12H16N2. The van der Waals surface area contributed by atoms with Gasteiger partial charge in [0.25, 0.3) is 0 Å². The van der Waals surface area contributed by atoms with E-state index >= 15 is 0 Å². The topological polar surface area (TPSA) is 28.7 Å². The Morgan fingerprint density at radius 3 is 3.07 bits per heavy atom. The SMILES string of the molecule is CC(C)CCc1c[nH]c2cnccc12. The van der Waals surface area contributed by atoms with E-state index in [9.17, 15) is 0 Å². The van der Waals surface area contributed by atoms with Gasteiger partial charge in [-0.2, -0.15) is 0 Å². The maximum atomic E-state index is 4.09. The fourth-order valence-corrected chi connectivity index (χ4v) is 1.68. The van der Waals surface area contributed by atoms with Crippen molar-refractivity contribution in [1.29, 1.82) is 0 Å². The summed E-state index contributed by atoms with van der Waals surface area (Å²) in [4.78, 5) is 7.34. The predicted molar refractivity (Wildman–Crippen MR) is 59.3 cm³/mol. The summed E-state index contributed by atoms with van der Waals surface area (Å²) in [5.41, 5.74) is 2.56. The van der Waals surface area contributed by atoms with Crippen LogP contribution in [0.15, 0.2) is 24.7 Å². The van der Waals surface area contributed by atoms with Gasteiger partial charge in [-0.05, 0) is 30.4 Å². The molecule has 0 aliphatic carbocycles. The molecule has 0 aliphatic heterocycles. The molecule has 2 aromatic rings. The summed E-state index contributed by atoms with van der Waals surface area (Å²) in [6.07, 6.45) is 8.24. The second-order valence-corrected chi connectivity index (χ2v) is 4.17. The Bertz CT molecular complexity index is 415. The van der Waals surface area contributed by atoms with Gasteiger partial charge in [0.1, 0.15) is 0 Å². The summed E-state index contributed by atoms with van der Waals surface area (Å²) in [5.74, 6) is 0.766. The summed E-state index contributed by atoms with van der Waals surface area (Å²) in [7, 11) is 0. The van der Waals surface area contributed by atoms with Gasteiger partial charge in [-0.15, -0.1) is 0 Å². The van der Waals surface area contributed by atoms with Crippen molar-refractivity contribution in [3.8, 4) is 0 Å². The van der Waals surface area contributed by atoms with Crippen LogP contribution in [-0.2, 0) is 6.42 Å². The molecule has 2 rings (SSSR count). The van der Waals surface area contributed by atoms with Crippen molar-refractivity contribution in [2.45, 2.75) is 26.7 Å². The van der Waals surface area contributed by atoms with Crippen molar-refractivity contribution in [3.63, 3.8) is 0 Å². The van der Waals surface area contributed by atoms with Crippen LogP contribution < -0.4 is 0 Å². The third-order valence-electron chi connectivity index (χ3n) is 2.56. The van der Waals surface area contributed by atoms with Crippen LogP contribution in [-0.4, -0.2) is 9.97 Å². The first-order valence-electron chi connectivity index (χ1n) is 5.17. The molecule has 14 heavy (non-hydrogen) atoms. The molecule has 0 unspecified atom stereocenters. The van der Waals surface area contributed by atoms with Gasteiger partial charge in [0.15, 0.2) is 0 Å². The molecule has 0 fully saturated rings. The van der Waals surface area contributed by atoms with E-state index in [-0.39, 0.29) is 0 Å². The highest BCUT2D eigenvalue weighted by atomic mass is 14.7. The number of aromatic nitrogens is 2. The number of hydrogen-bond acceptors (Lipinski definition) is 1. The molecule has 2 heterocycles. The number of aryl methyl sites for hydroxylation is 1. The molecule has 0 bridgehead atoms. The average molecular weight is 188 g/mol. The Hall–Kier alpha value is -1.31. The van der Waals surface area contributed by atoms with Gasteiger partial charge in [0, 0.05) is 17.8 Å². The lowest BCUT2D eigenvalue weighted by Gasteiger charge is -2.02. The quantitative estimate of drug-likeness (QED) is 0.787. The van der Waals surface area contributed by atoms with Gasteiger partial charge in [0.05, 0.1) is 11.7 Å². The first kappa shape index (κ1) is 9.25. The van der Waals surface area contributed by atoms with Gasteiger partial charge in [-0.25, -0.2) is 0 Å². The molecule has 2 nitrogen and oxygen atoms in total. The summed E-state index contributed by atoms with van der Waals surface area (Å²) >= 11 is 0. The van der Waals surface area contributed by atoms with E-state index < -0.39 is 0 Å². The van der Waals surface area contributed by atoms with Gasteiger partial charge in [0.2, 0.25) is 0 Å². The molecule has 1 N–H and O–H groups in total. The maximum Gasteiger partial charge on any atom is 0.0643 e. The minimum Gasteiger partial charge on any atom is -0.360 e. The smallest absolute Gasteiger partial charge is 0.0643 e. The lowest BCUT2D eigenvalue weighted by atomic mass is 10.0. The van der Waals surface area contributed by atoms with Crippen molar-refractivity contribution in [1.82, 2.24) is 9.97 Å². The van der Waals surface area contributed by atoms with Gasteiger partial charge in [-0.1, -0.05) is 13.8 Å². The van der Waals surface area contributed by atoms with Crippen LogP contribution in [0, 0.1) is 5.92 Å². The van der Waals surface area contributed by atoms with Crippen LogP contribution in [0.2, 0.25) is 0 Å². The number of fused-ring (bicyclic) bond motifs is 1. The summed E-state index contributed by atoms with van der Waals surface area (Å²) < 4.78 is 0. The fraction of sp³-hybridized carbons (Fsp3) is 0.417. The van der Waals surface area contributed by atoms with E-state index in [1.807, 2.05) is 12.4 Å². The van der Waals surface area contributed by atoms with Gasteiger partial charge < -0.3 is 4.98 Å². The van der Waals surface area contributed by atoms with Gasteiger partial charge in [-0.3, -0.25) is 4.98 Å². The van der Waals surface area contributed by atoms with Crippen molar-refractivity contribution in [2.75, 3.05) is 0 Å². The Morgan fingerprint density at radius 1 is 1.43 bits per heavy atom. The molecule has 0 amide bonds. The van der Waals surface area contributed by atoms with Crippen LogP contribution >= 0.6 is 0 Å². The highest BCUT2D eigenvalue weighted by molar-refractivity contribution is 5.82. The Morgan fingerprint density at radius 2 is 2.29 bits per heavy atom. The predicted octanol–water partition coefficient (Wildman–Crippen LogP) is 3.15. The molecule has 0 saturated heterocycles. The van der Waals surface area contributed by atoms with Crippen LogP contribution in [0.3, 0.4) is 0 Å². The summed E-state index contributed by atoms with van der Waals surface area (Å²) in [5, 5.41) is 1.32. The number of pyridine rings is 1. The number of nitrogens with zero attached hydrogens (tertiary/aromatic N) is 1. The van der Waals surface area contributed by atoms with Crippen LogP contribution in [0.25, 0.3) is 10.9 Å². The highest BCUT2D eigenvalue weighted by Gasteiger charge is 2.03. The van der Waals surface area contributed by atoms with E-state index in [0.29, 0.717) is 0 Å². The van der Waals surface area contributed by atoms with E-state index in [2.05, 4.69) is 36.1 Å². The third kappa shape index (κ3) is 1.79. The van der Waals surface area contributed by atoms with Crippen LogP contribution in [0.5, 0.6) is 0 Å². The molecule has 0 saturated carbocycles. The van der Waals surface area contributed by atoms with Crippen molar-refractivity contribution < 1.29 is 0 Å². The van der Waals surface area contributed by atoms with E-state index in [0.717, 1.165) is 17.9 Å². The minimum absolute atomic E-state index is 0.766. The molecule has 0 radical (unpaired) electrons. The first-order chi connectivity index (χ1) is 6.77. The lowest BCUT2D eigenvalue weighted by molar-refractivity contribution is 0.588. The van der Waals surface area contributed by atoms with Crippen molar-refractivity contribution in [3.05, 3.63) is 30.2 Å². The largest absolute Gasteiger partial charge is 0.360 e. The standard InChI is InChI=1S/C12H16N2/c1-9(2)3-4-10-7-14-12-8-13-6-5-11(10)12/h5-9,14H,3-4H2,1-2H3. The van der Waals surface area contributed by atoms with E-state index in [1.54, 1.807) is 0 Å². The number of nitrogens with one attached hydrogen (secondary N) is 1. The molecule has 0 aliphatic rings. The second-order valence-electron chi connectivity index (χ2n) is 4.17. The number of rotatable bonds is 3. The van der Waals surface area contributed by atoms with Crippen molar-refractivity contribution >= 4 is 10.9 Å². The van der Waals surface area contributed by atoms with Crippen molar-refractivity contribution in [2.24, 2.45) is 5.92 Å². The summed E-state index contributed by atoms with van der Waals surface area (Å²) in [6, 6.07) is 2.08. The maximum absolute atomic E-state index is 4.09. The van der Waals surface area contributed by atoms with E-state index in [1.165, 1.54) is 17.4 Å². The summed E-state index contributed by atoms with van der Waals surface area (Å²) in [6.45, 7) is 4.52. The van der Waals surface area contributed by atoms with Crippen LogP contribution in [0.1, 0.15) is 25.8 Å². The lowest BCUT2D eigenvalue weighted by Crippen LogP contribution is -1.90. The molecule has 0 spiro atoms. The molecule has 0 atom stereocenters. The first-order valence-corrected chi connectivity index (χ1v) is 5.17. The minimum atomic E-state index is 0.766. The number of H-pyrrole nitrogens is 1. The zero-order valence-electron chi connectivity index (χ0n) is 8.75. The molecule has 2 aromatic heterocycles. The third-order valence-corrected chi connectivity index (χ3v) is 2.56. The zero-order valence-corrected chi connectivity index (χ0v) is 8.75. The van der Waals surface area contributed by atoms with E-state index in [4.69, 9.17) is 0 Å². The van der Waals surface area contributed by atoms with Crippen LogP contribution in [0.4, 0.5) is 0 Å². The molecule has 74 valence electrons. The highest BCUT2D eigenvalue weighted by Crippen LogP contribution is 2.19. The Labute approximate surface area is 84.4 Å². The normalized spacial score (nSPS) is 11.4. The monoisotopic (exact) mass is 188 g/mol.